The van der Waals surface area contributed by atoms with Gasteiger partial charge in [-0.25, -0.2) is 0 Å². The van der Waals surface area contributed by atoms with Gasteiger partial charge < -0.3 is 4.74 Å². The van der Waals surface area contributed by atoms with Crippen molar-refractivity contribution < 1.29 is 4.74 Å². The maximum atomic E-state index is 8.85. The number of methoxy groups -OCH3 is 1. The molecule has 2 nitrogen and oxygen atoms in total. The van der Waals surface area contributed by atoms with Crippen molar-refractivity contribution in [3.05, 3.63) is 29.8 Å². The van der Waals surface area contributed by atoms with Crippen molar-refractivity contribution in [2.24, 2.45) is 5.92 Å². The summed E-state index contributed by atoms with van der Waals surface area (Å²) in [7, 11) is 1.66. The van der Waals surface area contributed by atoms with Crippen LogP contribution in [0.2, 0.25) is 0 Å². The van der Waals surface area contributed by atoms with Gasteiger partial charge >= 0.3 is 0 Å². The third-order valence-corrected chi connectivity index (χ3v) is 3.12. The Balaban J connectivity index is 2.30. The van der Waals surface area contributed by atoms with Crippen LogP contribution in [-0.4, -0.2) is 7.11 Å². The molecule has 1 aliphatic carbocycles. The number of ether oxygens (including phenoxy) is 1. The first-order chi connectivity index (χ1) is 6.70. The minimum absolute atomic E-state index is 0.0588. The second-order valence-corrected chi connectivity index (χ2v) is 4.04. The van der Waals surface area contributed by atoms with Crippen LogP contribution in [0.4, 0.5) is 0 Å². The molecule has 1 aliphatic rings. The van der Waals surface area contributed by atoms with E-state index in [1.165, 1.54) is 5.56 Å². The van der Waals surface area contributed by atoms with Gasteiger partial charge in [0.05, 0.1) is 19.1 Å². The van der Waals surface area contributed by atoms with Crippen molar-refractivity contribution in [3.8, 4) is 11.8 Å². The van der Waals surface area contributed by atoms with Crippen LogP contribution >= 0.6 is 0 Å². The van der Waals surface area contributed by atoms with Gasteiger partial charge in [-0.1, -0.05) is 19.1 Å². The van der Waals surface area contributed by atoms with Gasteiger partial charge in [-0.2, -0.15) is 5.26 Å². The summed E-state index contributed by atoms with van der Waals surface area (Å²) >= 11 is 0. The Kier molecular flexibility index (Phi) is 1.96. The first-order valence-corrected chi connectivity index (χ1v) is 4.75. The number of rotatable bonds is 2. The van der Waals surface area contributed by atoms with Gasteiger partial charge in [-0.05, 0) is 24.1 Å². The summed E-state index contributed by atoms with van der Waals surface area (Å²) in [4.78, 5) is 0. The zero-order chi connectivity index (χ0) is 10.2. The lowest BCUT2D eigenvalue weighted by atomic mass is 9.96. The Morgan fingerprint density at radius 1 is 1.57 bits per heavy atom. The first-order valence-electron chi connectivity index (χ1n) is 4.75. The lowest BCUT2D eigenvalue weighted by Gasteiger charge is -2.10. The molecule has 1 aromatic rings. The molecule has 2 atom stereocenters. The molecule has 0 N–H and O–H groups in total. The minimum Gasteiger partial charge on any atom is -0.497 e. The Bertz CT molecular complexity index is 394. The first kappa shape index (κ1) is 9.08. The van der Waals surface area contributed by atoms with E-state index in [-0.39, 0.29) is 11.3 Å². The molecule has 14 heavy (non-hydrogen) atoms. The highest BCUT2D eigenvalue weighted by Gasteiger charge is 2.51. The summed E-state index contributed by atoms with van der Waals surface area (Å²) in [5, 5.41) is 8.85. The van der Waals surface area contributed by atoms with Gasteiger partial charge in [0.25, 0.3) is 0 Å². The summed E-state index contributed by atoms with van der Waals surface area (Å²) in [5.41, 5.74) is 1.27. The fourth-order valence-corrected chi connectivity index (χ4v) is 1.85. The van der Waals surface area contributed by atoms with Crippen LogP contribution in [0, 0.1) is 17.2 Å². The Morgan fingerprint density at radius 3 is 2.93 bits per heavy atom. The highest BCUT2D eigenvalue weighted by atomic mass is 16.5. The zero-order valence-corrected chi connectivity index (χ0v) is 8.45. The third kappa shape index (κ3) is 1.26. The zero-order valence-electron chi connectivity index (χ0n) is 8.45. The van der Waals surface area contributed by atoms with Crippen LogP contribution in [-0.2, 0) is 5.41 Å². The highest BCUT2D eigenvalue weighted by molar-refractivity contribution is 5.40. The summed E-state index contributed by atoms with van der Waals surface area (Å²) < 4.78 is 5.16. The molecule has 1 aromatic carbocycles. The van der Waals surface area contributed by atoms with Crippen LogP contribution in [0.25, 0.3) is 0 Å². The number of nitriles is 1. The molecule has 72 valence electrons. The quantitative estimate of drug-likeness (QED) is 0.712. The maximum absolute atomic E-state index is 8.85. The molecule has 1 fully saturated rings. The highest BCUT2D eigenvalue weighted by Crippen LogP contribution is 2.53. The average molecular weight is 187 g/mol. The molecule has 0 saturated heterocycles. The molecule has 0 amide bonds. The number of benzene rings is 1. The molecule has 0 aromatic heterocycles. The monoisotopic (exact) mass is 187 g/mol. The average Bonchev–Trinajstić information content (AvgIpc) is 2.92. The predicted octanol–water partition coefficient (Wildman–Crippen LogP) is 2.50. The maximum Gasteiger partial charge on any atom is 0.119 e. The summed E-state index contributed by atoms with van der Waals surface area (Å²) in [6.45, 7) is 2.13. The van der Waals surface area contributed by atoms with Gasteiger partial charge in [0, 0.05) is 5.41 Å². The molecule has 2 unspecified atom stereocenters. The van der Waals surface area contributed by atoms with Crippen molar-refractivity contribution >= 4 is 0 Å². The van der Waals surface area contributed by atoms with E-state index in [0.29, 0.717) is 0 Å². The molecular formula is C12H13NO. The smallest absolute Gasteiger partial charge is 0.119 e. The Hall–Kier alpha value is -1.49. The van der Waals surface area contributed by atoms with Crippen LogP contribution < -0.4 is 4.74 Å². The SMILES string of the molecule is COc1cccc(C2(C)CC2C#N)c1. The van der Waals surface area contributed by atoms with Crippen molar-refractivity contribution in [2.45, 2.75) is 18.8 Å². The van der Waals surface area contributed by atoms with E-state index in [9.17, 15) is 0 Å². The lowest BCUT2D eigenvalue weighted by molar-refractivity contribution is 0.413. The molecular weight excluding hydrogens is 174 g/mol. The van der Waals surface area contributed by atoms with E-state index in [0.717, 1.165) is 12.2 Å². The van der Waals surface area contributed by atoms with E-state index >= 15 is 0 Å². The van der Waals surface area contributed by atoms with Crippen molar-refractivity contribution in [2.75, 3.05) is 7.11 Å². The Labute approximate surface area is 84.1 Å². The summed E-state index contributed by atoms with van der Waals surface area (Å²) in [6, 6.07) is 10.3. The van der Waals surface area contributed by atoms with Crippen LogP contribution in [0.1, 0.15) is 18.9 Å². The van der Waals surface area contributed by atoms with Gasteiger partial charge in [0.15, 0.2) is 0 Å². The molecule has 0 heterocycles. The van der Waals surface area contributed by atoms with E-state index in [2.05, 4.69) is 19.1 Å². The molecule has 2 rings (SSSR count). The van der Waals surface area contributed by atoms with Gasteiger partial charge in [-0.3, -0.25) is 0 Å². The second-order valence-electron chi connectivity index (χ2n) is 4.04. The normalized spacial score (nSPS) is 29.4. The number of hydrogen-bond acceptors (Lipinski definition) is 2. The van der Waals surface area contributed by atoms with Crippen molar-refractivity contribution in [1.29, 1.82) is 5.26 Å². The third-order valence-electron chi connectivity index (χ3n) is 3.12. The van der Waals surface area contributed by atoms with Gasteiger partial charge in [-0.15, -0.1) is 0 Å². The lowest BCUT2D eigenvalue weighted by Crippen LogP contribution is -2.03. The standard InChI is InChI=1S/C12H13NO/c1-12(7-10(12)8-13)9-4-3-5-11(6-9)14-2/h3-6,10H,7H2,1-2H3. The molecule has 0 radical (unpaired) electrons. The van der Waals surface area contributed by atoms with Crippen LogP contribution in [0.3, 0.4) is 0 Å². The molecule has 2 heteroatoms. The summed E-state index contributed by atoms with van der Waals surface area (Å²) in [5.74, 6) is 1.04. The number of hydrogen-bond donors (Lipinski definition) is 0. The molecule has 0 aliphatic heterocycles. The fraction of sp³-hybridized carbons (Fsp3) is 0.417. The van der Waals surface area contributed by atoms with Crippen LogP contribution in [0.15, 0.2) is 24.3 Å². The van der Waals surface area contributed by atoms with E-state index in [1.54, 1.807) is 7.11 Å². The fourth-order valence-electron chi connectivity index (χ4n) is 1.85. The number of nitrogens with zero attached hydrogens (tertiary/aromatic N) is 1. The molecule has 0 bridgehead atoms. The van der Waals surface area contributed by atoms with Crippen molar-refractivity contribution in [3.63, 3.8) is 0 Å². The van der Waals surface area contributed by atoms with Crippen LogP contribution in [0.5, 0.6) is 5.75 Å². The largest absolute Gasteiger partial charge is 0.497 e. The van der Waals surface area contributed by atoms with E-state index in [4.69, 9.17) is 10.00 Å². The minimum atomic E-state index is 0.0588. The Morgan fingerprint density at radius 2 is 2.36 bits per heavy atom. The van der Waals surface area contributed by atoms with Gasteiger partial charge in [0.1, 0.15) is 5.75 Å². The second kappa shape index (κ2) is 3.02. The van der Waals surface area contributed by atoms with Gasteiger partial charge in [0.2, 0.25) is 0 Å². The molecule has 1 saturated carbocycles. The predicted molar refractivity (Wildman–Crippen MR) is 54.1 cm³/mol. The topological polar surface area (TPSA) is 33.0 Å². The molecule has 0 spiro atoms. The van der Waals surface area contributed by atoms with E-state index in [1.807, 2.05) is 18.2 Å². The van der Waals surface area contributed by atoms with Crippen molar-refractivity contribution in [1.82, 2.24) is 0 Å². The van der Waals surface area contributed by atoms with E-state index < -0.39 is 0 Å². The summed E-state index contributed by atoms with van der Waals surface area (Å²) in [6.07, 6.45) is 0.969.